The second-order valence-electron chi connectivity index (χ2n) is 6.60. The van der Waals surface area contributed by atoms with Gasteiger partial charge >= 0.3 is 0 Å². The topological polar surface area (TPSA) is 67.4 Å². The first-order valence-corrected chi connectivity index (χ1v) is 9.39. The maximum atomic E-state index is 12.2. The lowest BCUT2D eigenvalue weighted by Crippen LogP contribution is -2.47. The van der Waals surface area contributed by atoms with E-state index in [1.807, 2.05) is 31.2 Å². The lowest BCUT2D eigenvalue weighted by Gasteiger charge is -2.18. The Morgan fingerprint density at radius 2 is 1.77 bits per heavy atom. The molecule has 144 valence electrons. The molecule has 2 atom stereocenters. The van der Waals surface area contributed by atoms with Crippen LogP contribution >= 0.6 is 0 Å². The summed E-state index contributed by atoms with van der Waals surface area (Å²) in [6, 6.07) is 6.93. The third-order valence-corrected chi connectivity index (χ3v) is 4.17. The minimum absolute atomic E-state index is 0.119. The number of hydrogen-bond donors (Lipinski definition) is 2. The zero-order chi connectivity index (χ0) is 19.4. The molecule has 26 heavy (non-hydrogen) atoms. The molecule has 0 saturated carbocycles. The van der Waals surface area contributed by atoms with Crippen molar-refractivity contribution in [2.75, 3.05) is 7.11 Å². The van der Waals surface area contributed by atoms with E-state index in [0.717, 1.165) is 24.2 Å². The second kappa shape index (κ2) is 12.1. The number of carbonyl (C=O) groups excluding carboxylic acids is 2. The zero-order valence-corrected chi connectivity index (χ0v) is 16.4. The van der Waals surface area contributed by atoms with Gasteiger partial charge in [0.2, 0.25) is 11.8 Å². The number of rotatable bonds is 11. The molecule has 2 unspecified atom stereocenters. The standard InChI is InChI=1S/C21H32N2O3/c1-5-6-7-8-9-16(2)22-21(25)17(3)23-20(24)15-12-18-10-13-19(26-4)14-11-18/h10-17H,5-9H2,1-4H3,(H,22,25)(H,23,24)/b15-12+. The SMILES string of the molecule is CCCCCCC(C)NC(=O)C(C)NC(=O)/C=C/c1ccc(OC)cc1. The maximum absolute atomic E-state index is 12.2. The molecule has 0 spiro atoms. The van der Waals surface area contributed by atoms with Crippen LogP contribution in [0.25, 0.3) is 6.08 Å². The number of benzene rings is 1. The summed E-state index contributed by atoms with van der Waals surface area (Å²) in [5.41, 5.74) is 0.888. The third kappa shape index (κ3) is 8.70. The van der Waals surface area contributed by atoms with Crippen molar-refractivity contribution in [3.05, 3.63) is 35.9 Å². The minimum atomic E-state index is -0.568. The van der Waals surface area contributed by atoms with Crippen molar-refractivity contribution in [3.63, 3.8) is 0 Å². The summed E-state index contributed by atoms with van der Waals surface area (Å²) in [5.74, 6) is 0.318. The van der Waals surface area contributed by atoms with E-state index in [0.29, 0.717) is 0 Å². The van der Waals surface area contributed by atoms with Gasteiger partial charge < -0.3 is 15.4 Å². The van der Waals surface area contributed by atoms with Crippen molar-refractivity contribution in [3.8, 4) is 5.75 Å². The molecule has 0 aromatic heterocycles. The van der Waals surface area contributed by atoms with Gasteiger partial charge in [0.25, 0.3) is 0 Å². The van der Waals surface area contributed by atoms with Crippen molar-refractivity contribution in [2.24, 2.45) is 0 Å². The molecule has 5 heteroatoms. The van der Waals surface area contributed by atoms with Crippen molar-refractivity contribution >= 4 is 17.9 Å². The van der Waals surface area contributed by atoms with Crippen LogP contribution in [0.3, 0.4) is 0 Å². The first-order chi connectivity index (χ1) is 12.5. The molecule has 0 fully saturated rings. The summed E-state index contributed by atoms with van der Waals surface area (Å²) in [7, 11) is 1.61. The molecule has 5 nitrogen and oxygen atoms in total. The highest BCUT2D eigenvalue weighted by atomic mass is 16.5. The second-order valence-corrected chi connectivity index (χ2v) is 6.60. The number of carbonyl (C=O) groups is 2. The fourth-order valence-electron chi connectivity index (χ4n) is 2.53. The summed E-state index contributed by atoms with van der Waals surface area (Å²) >= 11 is 0. The van der Waals surface area contributed by atoms with Gasteiger partial charge in [0.05, 0.1) is 7.11 Å². The average Bonchev–Trinajstić information content (AvgIpc) is 2.63. The van der Waals surface area contributed by atoms with Gasteiger partial charge in [0.1, 0.15) is 11.8 Å². The lowest BCUT2D eigenvalue weighted by molar-refractivity contribution is -0.127. The molecule has 0 aliphatic rings. The molecule has 2 amide bonds. The fraction of sp³-hybridized carbons (Fsp3) is 0.524. The van der Waals surface area contributed by atoms with E-state index in [4.69, 9.17) is 4.74 Å². The summed E-state index contributed by atoms with van der Waals surface area (Å²) in [4.78, 5) is 24.1. The maximum Gasteiger partial charge on any atom is 0.244 e. The van der Waals surface area contributed by atoms with Crippen LogP contribution in [0.1, 0.15) is 58.4 Å². The summed E-state index contributed by atoms with van der Waals surface area (Å²) in [6.07, 6.45) is 8.83. The number of methoxy groups -OCH3 is 1. The smallest absolute Gasteiger partial charge is 0.244 e. The van der Waals surface area contributed by atoms with Crippen molar-refractivity contribution < 1.29 is 14.3 Å². The van der Waals surface area contributed by atoms with Gasteiger partial charge in [0, 0.05) is 12.1 Å². The highest BCUT2D eigenvalue weighted by Gasteiger charge is 2.16. The van der Waals surface area contributed by atoms with Gasteiger partial charge in [-0.25, -0.2) is 0 Å². The van der Waals surface area contributed by atoms with Crippen LogP contribution in [0, 0.1) is 0 Å². The largest absolute Gasteiger partial charge is 0.497 e. The molecule has 0 aliphatic carbocycles. The van der Waals surface area contributed by atoms with Gasteiger partial charge in [-0.1, -0.05) is 44.7 Å². The molecule has 0 aliphatic heterocycles. The number of hydrogen-bond acceptors (Lipinski definition) is 3. The molecule has 1 aromatic rings. The van der Waals surface area contributed by atoms with Crippen LogP contribution in [0.15, 0.2) is 30.3 Å². The van der Waals surface area contributed by atoms with Crippen molar-refractivity contribution in [1.82, 2.24) is 10.6 Å². The van der Waals surface area contributed by atoms with Crippen LogP contribution in [0.4, 0.5) is 0 Å². The van der Waals surface area contributed by atoms with Gasteiger partial charge in [-0.05, 0) is 44.0 Å². The predicted octanol–water partition coefficient (Wildman–Crippen LogP) is 3.69. The first-order valence-electron chi connectivity index (χ1n) is 9.39. The van der Waals surface area contributed by atoms with Gasteiger partial charge in [0.15, 0.2) is 0 Å². The van der Waals surface area contributed by atoms with E-state index in [2.05, 4.69) is 17.6 Å². The zero-order valence-electron chi connectivity index (χ0n) is 16.4. The van der Waals surface area contributed by atoms with Crippen LogP contribution in [0.5, 0.6) is 5.75 Å². The molecular formula is C21H32N2O3. The minimum Gasteiger partial charge on any atom is -0.497 e. The highest BCUT2D eigenvalue weighted by Crippen LogP contribution is 2.12. The lowest BCUT2D eigenvalue weighted by atomic mass is 10.1. The number of amides is 2. The van der Waals surface area contributed by atoms with Crippen LogP contribution < -0.4 is 15.4 Å². The highest BCUT2D eigenvalue weighted by molar-refractivity contribution is 5.95. The Bertz CT molecular complexity index is 581. The number of ether oxygens (including phenoxy) is 1. The number of unbranched alkanes of at least 4 members (excludes halogenated alkanes) is 3. The van der Waals surface area contributed by atoms with E-state index < -0.39 is 6.04 Å². The van der Waals surface area contributed by atoms with E-state index >= 15 is 0 Å². The molecular weight excluding hydrogens is 328 g/mol. The molecule has 0 saturated heterocycles. The van der Waals surface area contributed by atoms with E-state index in [-0.39, 0.29) is 17.9 Å². The van der Waals surface area contributed by atoms with Crippen LogP contribution in [0.2, 0.25) is 0 Å². The van der Waals surface area contributed by atoms with E-state index in [1.165, 1.54) is 25.3 Å². The van der Waals surface area contributed by atoms with Crippen molar-refractivity contribution in [2.45, 2.75) is 65.0 Å². The van der Waals surface area contributed by atoms with Crippen LogP contribution in [-0.4, -0.2) is 31.0 Å². The quantitative estimate of drug-likeness (QED) is 0.467. The summed E-state index contributed by atoms with van der Waals surface area (Å²) in [6.45, 7) is 5.87. The Hall–Kier alpha value is -2.30. The summed E-state index contributed by atoms with van der Waals surface area (Å²) in [5, 5.41) is 5.65. The van der Waals surface area contributed by atoms with Crippen molar-refractivity contribution in [1.29, 1.82) is 0 Å². The van der Waals surface area contributed by atoms with E-state index in [9.17, 15) is 9.59 Å². The molecule has 2 N–H and O–H groups in total. The van der Waals surface area contributed by atoms with E-state index in [1.54, 1.807) is 20.1 Å². The van der Waals surface area contributed by atoms with Gasteiger partial charge in [-0.2, -0.15) is 0 Å². The molecule has 0 radical (unpaired) electrons. The Balaban J connectivity index is 2.37. The Kier molecular flexibility index (Phi) is 10.1. The van der Waals surface area contributed by atoms with Gasteiger partial charge in [-0.3, -0.25) is 9.59 Å². The molecule has 0 heterocycles. The molecule has 0 bridgehead atoms. The summed E-state index contributed by atoms with van der Waals surface area (Å²) < 4.78 is 5.09. The molecule has 1 aromatic carbocycles. The fourth-order valence-corrected chi connectivity index (χ4v) is 2.53. The number of nitrogens with one attached hydrogen (secondary N) is 2. The average molecular weight is 360 g/mol. The Morgan fingerprint density at radius 3 is 2.38 bits per heavy atom. The predicted molar refractivity (Wildman–Crippen MR) is 106 cm³/mol. The Labute approximate surface area is 157 Å². The Morgan fingerprint density at radius 1 is 1.08 bits per heavy atom. The third-order valence-electron chi connectivity index (χ3n) is 4.17. The van der Waals surface area contributed by atoms with Gasteiger partial charge in [-0.15, -0.1) is 0 Å². The van der Waals surface area contributed by atoms with Crippen LogP contribution in [-0.2, 0) is 9.59 Å². The molecule has 1 rings (SSSR count). The monoisotopic (exact) mass is 360 g/mol. The normalized spacial score (nSPS) is 13.2. The first kappa shape index (κ1) is 21.7.